The van der Waals surface area contributed by atoms with Crippen molar-refractivity contribution in [3.8, 4) is 5.75 Å². The molecule has 0 fully saturated rings. The highest BCUT2D eigenvalue weighted by Crippen LogP contribution is 2.35. The topological polar surface area (TPSA) is 52.3 Å². The number of hydrogen-bond acceptors (Lipinski definition) is 3. The molecule has 1 aliphatic rings. The first-order valence-corrected chi connectivity index (χ1v) is 6.42. The first-order chi connectivity index (χ1) is 8.30. The molecule has 1 heterocycles. The van der Waals surface area contributed by atoms with Gasteiger partial charge in [0.05, 0.1) is 6.04 Å². The Hall–Kier alpha value is -1.35. The second-order valence-corrected chi connectivity index (χ2v) is 5.79. The van der Waals surface area contributed by atoms with Gasteiger partial charge in [-0.3, -0.25) is 4.79 Å². The summed E-state index contributed by atoms with van der Waals surface area (Å²) in [5.74, 6) is 0.908. The highest BCUT2D eigenvalue weighted by Gasteiger charge is 2.28. The summed E-state index contributed by atoms with van der Waals surface area (Å²) in [6.07, 6.45) is 1.91. The Morgan fingerprint density at radius 2 is 2.11 bits per heavy atom. The Kier molecular flexibility index (Phi) is 3.20. The van der Waals surface area contributed by atoms with Crippen LogP contribution in [0.15, 0.2) is 12.1 Å². The van der Waals surface area contributed by atoms with Crippen molar-refractivity contribution in [2.24, 2.45) is 5.73 Å². The zero-order valence-corrected chi connectivity index (χ0v) is 11.5. The van der Waals surface area contributed by atoms with E-state index in [1.807, 2.05) is 19.1 Å². The average Bonchev–Trinajstić information content (AvgIpc) is 2.26. The number of rotatable bonds is 2. The van der Waals surface area contributed by atoms with Crippen LogP contribution in [0.25, 0.3) is 0 Å². The summed E-state index contributed by atoms with van der Waals surface area (Å²) in [4.78, 5) is 12.0. The Morgan fingerprint density at radius 3 is 2.72 bits per heavy atom. The van der Waals surface area contributed by atoms with Gasteiger partial charge in [-0.25, -0.2) is 0 Å². The molecular formula is C15H21NO2. The second-order valence-electron chi connectivity index (χ2n) is 5.79. The summed E-state index contributed by atoms with van der Waals surface area (Å²) in [5, 5.41) is 0. The molecule has 18 heavy (non-hydrogen) atoms. The normalized spacial score (nSPS) is 18.7. The largest absolute Gasteiger partial charge is 0.488 e. The number of aryl methyl sites for hydroxylation is 2. The third-order valence-corrected chi connectivity index (χ3v) is 3.47. The number of carbonyl (C=O) groups is 1. The fourth-order valence-electron chi connectivity index (χ4n) is 2.31. The second kappa shape index (κ2) is 4.39. The van der Waals surface area contributed by atoms with E-state index in [4.69, 9.17) is 10.5 Å². The zero-order chi connectivity index (χ0) is 13.5. The molecule has 0 amide bonds. The Morgan fingerprint density at radius 1 is 1.44 bits per heavy atom. The van der Waals surface area contributed by atoms with Gasteiger partial charge in [0.2, 0.25) is 0 Å². The van der Waals surface area contributed by atoms with Crippen molar-refractivity contribution in [3.63, 3.8) is 0 Å². The molecule has 98 valence electrons. The van der Waals surface area contributed by atoms with Crippen LogP contribution in [0.3, 0.4) is 0 Å². The van der Waals surface area contributed by atoms with E-state index < -0.39 is 6.04 Å². The van der Waals surface area contributed by atoms with E-state index >= 15 is 0 Å². The van der Waals surface area contributed by atoms with Gasteiger partial charge in [0.15, 0.2) is 5.78 Å². The van der Waals surface area contributed by atoms with Gasteiger partial charge in [-0.15, -0.1) is 0 Å². The number of benzene rings is 1. The number of hydrogen-bond donors (Lipinski definition) is 1. The highest BCUT2D eigenvalue weighted by molar-refractivity contribution is 6.01. The fraction of sp³-hybridized carbons (Fsp3) is 0.533. The number of ether oxygens (including phenoxy) is 1. The molecule has 1 unspecified atom stereocenters. The van der Waals surface area contributed by atoms with Gasteiger partial charge in [0, 0.05) is 5.56 Å². The minimum Gasteiger partial charge on any atom is -0.488 e. The molecular weight excluding hydrogens is 226 g/mol. The quantitative estimate of drug-likeness (QED) is 0.817. The SMILES string of the molecule is Cc1cc2c(cc1C(=O)C(C)N)CCC(C)(C)O2. The standard InChI is InChI=1S/C15H21NO2/c1-9-7-13-11(5-6-15(3,4)18-13)8-12(9)14(17)10(2)16/h7-8,10H,5-6,16H2,1-4H3. The molecule has 0 saturated carbocycles. The summed E-state index contributed by atoms with van der Waals surface area (Å²) in [7, 11) is 0. The minimum absolute atomic E-state index is 0.000124. The third-order valence-electron chi connectivity index (χ3n) is 3.47. The Balaban J connectivity index is 2.42. The number of nitrogens with two attached hydrogens (primary N) is 1. The van der Waals surface area contributed by atoms with Crippen molar-refractivity contribution in [2.75, 3.05) is 0 Å². The van der Waals surface area contributed by atoms with Gasteiger partial charge in [-0.2, -0.15) is 0 Å². The van der Waals surface area contributed by atoms with Crippen molar-refractivity contribution < 1.29 is 9.53 Å². The average molecular weight is 247 g/mol. The van der Waals surface area contributed by atoms with Crippen molar-refractivity contribution in [2.45, 2.75) is 52.2 Å². The molecule has 3 heteroatoms. The molecule has 0 spiro atoms. The lowest BCUT2D eigenvalue weighted by Gasteiger charge is -2.33. The molecule has 0 aliphatic carbocycles. The van der Waals surface area contributed by atoms with Crippen LogP contribution in [-0.4, -0.2) is 17.4 Å². The van der Waals surface area contributed by atoms with Crippen molar-refractivity contribution in [1.29, 1.82) is 0 Å². The lowest BCUT2D eigenvalue weighted by molar-refractivity contribution is 0.0844. The molecule has 3 nitrogen and oxygen atoms in total. The van der Waals surface area contributed by atoms with E-state index in [0.717, 1.165) is 35.3 Å². The Bertz CT molecular complexity index is 490. The van der Waals surface area contributed by atoms with Crippen molar-refractivity contribution in [1.82, 2.24) is 0 Å². The molecule has 0 bridgehead atoms. The highest BCUT2D eigenvalue weighted by atomic mass is 16.5. The lowest BCUT2D eigenvalue weighted by Crippen LogP contribution is -2.33. The van der Waals surface area contributed by atoms with Gasteiger partial charge in [-0.1, -0.05) is 0 Å². The van der Waals surface area contributed by atoms with Crippen LogP contribution in [0.5, 0.6) is 5.75 Å². The molecule has 0 radical (unpaired) electrons. The summed E-state index contributed by atoms with van der Waals surface area (Å²) >= 11 is 0. The smallest absolute Gasteiger partial charge is 0.179 e. The van der Waals surface area contributed by atoms with Crippen LogP contribution in [-0.2, 0) is 6.42 Å². The Labute approximate surface area is 108 Å². The van der Waals surface area contributed by atoms with E-state index in [0.29, 0.717) is 0 Å². The van der Waals surface area contributed by atoms with Crippen LogP contribution < -0.4 is 10.5 Å². The number of fused-ring (bicyclic) bond motifs is 1. The molecule has 1 atom stereocenters. The van der Waals surface area contributed by atoms with E-state index in [1.165, 1.54) is 0 Å². The third kappa shape index (κ3) is 2.41. The van der Waals surface area contributed by atoms with E-state index in [2.05, 4.69) is 13.8 Å². The number of carbonyl (C=O) groups excluding carboxylic acids is 1. The van der Waals surface area contributed by atoms with Crippen molar-refractivity contribution in [3.05, 3.63) is 28.8 Å². The van der Waals surface area contributed by atoms with Crippen LogP contribution >= 0.6 is 0 Å². The van der Waals surface area contributed by atoms with E-state index in [9.17, 15) is 4.79 Å². The predicted molar refractivity (Wildman–Crippen MR) is 72.2 cm³/mol. The molecule has 1 aromatic rings. The van der Waals surface area contributed by atoms with Crippen LogP contribution in [0.1, 0.15) is 48.7 Å². The predicted octanol–water partition coefficient (Wildman–Crippen LogP) is 2.63. The summed E-state index contributed by atoms with van der Waals surface area (Å²) < 4.78 is 5.95. The van der Waals surface area contributed by atoms with Crippen LogP contribution in [0, 0.1) is 6.92 Å². The molecule has 1 aliphatic heterocycles. The molecule has 1 aromatic carbocycles. The van der Waals surface area contributed by atoms with E-state index in [-0.39, 0.29) is 11.4 Å². The maximum atomic E-state index is 12.0. The minimum atomic E-state index is -0.456. The van der Waals surface area contributed by atoms with Gasteiger partial charge in [0.25, 0.3) is 0 Å². The fourth-order valence-corrected chi connectivity index (χ4v) is 2.31. The zero-order valence-electron chi connectivity index (χ0n) is 11.5. The van der Waals surface area contributed by atoms with Gasteiger partial charge in [0.1, 0.15) is 11.4 Å². The molecule has 2 N–H and O–H groups in total. The molecule has 2 rings (SSSR count). The molecule has 0 saturated heterocycles. The first kappa shape index (κ1) is 13.1. The van der Waals surface area contributed by atoms with Gasteiger partial charge < -0.3 is 10.5 Å². The van der Waals surface area contributed by atoms with Crippen LogP contribution in [0.2, 0.25) is 0 Å². The maximum Gasteiger partial charge on any atom is 0.179 e. The summed E-state index contributed by atoms with van der Waals surface area (Å²) in [6.45, 7) is 7.83. The number of ketones is 1. The van der Waals surface area contributed by atoms with Crippen molar-refractivity contribution >= 4 is 5.78 Å². The lowest BCUT2D eigenvalue weighted by atomic mass is 9.90. The number of Topliss-reactive ketones (excluding diaryl/α,β-unsaturated/α-hetero) is 1. The first-order valence-electron chi connectivity index (χ1n) is 6.42. The summed E-state index contributed by atoms with van der Waals surface area (Å²) in [6, 6.07) is 3.46. The van der Waals surface area contributed by atoms with Gasteiger partial charge in [-0.05, 0) is 63.8 Å². The monoisotopic (exact) mass is 247 g/mol. The molecule has 0 aromatic heterocycles. The summed E-state index contributed by atoms with van der Waals surface area (Å²) in [5.41, 5.74) is 8.34. The van der Waals surface area contributed by atoms with Crippen LogP contribution in [0.4, 0.5) is 0 Å². The van der Waals surface area contributed by atoms with Gasteiger partial charge >= 0.3 is 0 Å². The van der Waals surface area contributed by atoms with E-state index in [1.54, 1.807) is 6.92 Å². The maximum absolute atomic E-state index is 12.0.